The fourth-order valence-corrected chi connectivity index (χ4v) is 3.25. The number of nitrogens with zero attached hydrogens (tertiary/aromatic N) is 1. The van der Waals surface area contributed by atoms with Gasteiger partial charge in [0.05, 0.1) is 17.6 Å². The summed E-state index contributed by atoms with van der Waals surface area (Å²) in [4.78, 5) is 50.4. The van der Waals surface area contributed by atoms with Crippen molar-refractivity contribution >= 4 is 29.3 Å². The molecule has 162 valence electrons. The zero-order chi connectivity index (χ0) is 22.5. The van der Waals surface area contributed by atoms with Crippen molar-refractivity contribution in [3.63, 3.8) is 0 Å². The van der Waals surface area contributed by atoms with Gasteiger partial charge in [-0.05, 0) is 45.0 Å². The van der Waals surface area contributed by atoms with E-state index in [1.165, 1.54) is 4.90 Å². The van der Waals surface area contributed by atoms with Gasteiger partial charge in [0.1, 0.15) is 0 Å². The van der Waals surface area contributed by atoms with Crippen molar-refractivity contribution in [1.29, 1.82) is 0 Å². The van der Waals surface area contributed by atoms with Gasteiger partial charge in [-0.3, -0.25) is 14.4 Å². The van der Waals surface area contributed by atoms with E-state index < -0.39 is 17.9 Å². The Labute approximate surface area is 180 Å². The average molecular weight is 423 g/mol. The summed E-state index contributed by atoms with van der Waals surface area (Å²) >= 11 is 0. The van der Waals surface area contributed by atoms with E-state index in [-0.39, 0.29) is 37.4 Å². The number of hydrogen-bond acceptors (Lipinski definition) is 6. The van der Waals surface area contributed by atoms with Gasteiger partial charge < -0.3 is 14.4 Å². The second kappa shape index (κ2) is 9.55. The number of carbonyl (C=O) groups is 4. The molecule has 1 fully saturated rings. The number of amides is 1. The number of hydrogen-bond donors (Lipinski definition) is 0. The quantitative estimate of drug-likeness (QED) is 0.501. The van der Waals surface area contributed by atoms with Gasteiger partial charge >= 0.3 is 11.9 Å². The molecule has 1 aliphatic rings. The lowest BCUT2D eigenvalue weighted by Crippen LogP contribution is -2.27. The maximum Gasteiger partial charge on any atom is 0.338 e. The van der Waals surface area contributed by atoms with Crippen LogP contribution in [-0.2, 0) is 19.1 Å². The van der Waals surface area contributed by atoms with E-state index in [4.69, 9.17) is 9.47 Å². The molecule has 0 N–H and O–H groups in total. The van der Waals surface area contributed by atoms with Crippen LogP contribution in [0, 0.1) is 12.8 Å². The normalized spacial score (nSPS) is 15.8. The molecular weight excluding hydrogens is 398 g/mol. The first kappa shape index (κ1) is 22.2. The standard InChI is InChI=1S/C24H25NO6/c1-15(2)31-24(29)18-8-10-20(11-9-18)25-13-19(12-22(25)27)23(28)30-14-21(26)17-6-4-16(3)5-7-17/h4-11,15,19H,12-14H2,1-3H3/t19-/m1/s1. The molecule has 0 spiro atoms. The minimum absolute atomic E-state index is 0.00863. The third-order valence-corrected chi connectivity index (χ3v) is 4.93. The number of ether oxygens (including phenoxy) is 2. The van der Waals surface area contributed by atoms with Crippen molar-refractivity contribution in [2.75, 3.05) is 18.1 Å². The number of Topliss-reactive ketones (excluding diaryl/α,β-unsaturated/α-hetero) is 1. The molecule has 0 aliphatic carbocycles. The number of benzene rings is 2. The minimum atomic E-state index is -0.649. The molecule has 1 amide bonds. The number of carbonyl (C=O) groups excluding carboxylic acids is 4. The van der Waals surface area contributed by atoms with Gasteiger partial charge in [0.15, 0.2) is 12.4 Å². The predicted octanol–water partition coefficient (Wildman–Crippen LogP) is 3.34. The van der Waals surface area contributed by atoms with Crippen LogP contribution in [0.4, 0.5) is 5.69 Å². The maximum absolute atomic E-state index is 12.4. The highest BCUT2D eigenvalue weighted by atomic mass is 16.5. The monoisotopic (exact) mass is 423 g/mol. The molecule has 1 aliphatic heterocycles. The molecule has 1 atom stereocenters. The number of aryl methyl sites for hydroxylation is 1. The van der Waals surface area contributed by atoms with Gasteiger partial charge in [0, 0.05) is 24.2 Å². The maximum atomic E-state index is 12.4. The smallest absolute Gasteiger partial charge is 0.338 e. The molecule has 3 rings (SSSR count). The number of anilines is 1. The summed E-state index contributed by atoms with van der Waals surface area (Å²) in [7, 11) is 0. The van der Waals surface area contributed by atoms with E-state index in [0.29, 0.717) is 16.8 Å². The highest BCUT2D eigenvalue weighted by Crippen LogP contribution is 2.26. The molecule has 0 saturated carbocycles. The van der Waals surface area contributed by atoms with Gasteiger partial charge in [0.25, 0.3) is 0 Å². The van der Waals surface area contributed by atoms with E-state index in [0.717, 1.165) is 5.56 Å². The Hall–Kier alpha value is -3.48. The van der Waals surface area contributed by atoms with Gasteiger partial charge in [-0.25, -0.2) is 4.79 Å². The van der Waals surface area contributed by atoms with Gasteiger partial charge in [-0.2, -0.15) is 0 Å². The Bertz CT molecular complexity index is 978. The number of rotatable bonds is 7. The van der Waals surface area contributed by atoms with E-state index in [1.807, 2.05) is 19.1 Å². The van der Waals surface area contributed by atoms with Gasteiger partial charge in [-0.15, -0.1) is 0 Å². The molecule has 1 saturated heterocycles. The zero-order valence-electron chi connectivity index (χ0n) is 17.8. The predicted molar refractivity (Wildman–Crippen MR) is 114 cm³/mol. The molecule has 1 heterocycles. The van der Waals surface area contributed by atoms with Crippen LogP contribution in [0.1, 0.15) is 46.5 Å². The van der Waals surface area contributed by atoms with Crippen LogP contribution < -0.4 is 4.90 Å². The molecule has 7 nitrogen and oxygen atoms in total. The second-order valence-electron chi connectivity index (χ2n) is 7.80. The van der Waals surface area contributed by atoms with E-state index in [9.17, 15) is 19.2 Å². The van der Waals surface area contributed by atoms with Crippen molar-refractivity contribution in [3.05, 3.63) is 65.2 Å². The van der Waals surface area contributed by atoms with E-state index in [1.54, 1.807) is 50.2 Å². The van der Waals surface area contributed by atoms with E-state index >= 15 is 0 Å². The Morgan fingerprint density at radius 2 is 1.61 bits per heavy atom. The second-order valence-corrected chi connectivity index (χ2v) is 7.80. The van der Waals surface area contributed by atoms with Gasteiger partial charge in [0.2, 0.25) is 5.91 Å². The first-order valence-corrected chi connectivity index (χ1v) is 10.1. The lowest BCUT2D eigenvalue weighted by molar-refractivity contribution is -0.147. The number of ketones is 1. The summed E-state index contributed by atoms with van der Waals surface area (Å²) in [6, 6.07) is 13.5. The summed E-state index contributed by atoms with van der Waals surface area (Å²) in [6.45, 7) is 5.25. The minimum Gasteiger partial charge on any atom is -0.459 e. The largest absolute Gasteiger partial charge is 0.459 e. The van der Waals surface area contributed by atoms with Crippen molar-refractivity contribution in [2.45, 2.75) is 33.3 Å². The SMILES string of the molecule is Cc1ccc(C(=O)COC(=O)[C@@H]2CC(=O)N(c3ccc(C(=O)OC(C)C)cc3)C2)cc1. The van der Waals surface area contributed by atoms with Crippen molar-refractivity contribution < 1.29 is 28.7 Å². The van der Waals surface area contributed by atoms with Crippen LogP contribution in [0.2, 0.25) is 0 Å². The first-order chi connectivity index (χ1) is 14.7. The van der Waals surface area contributed by atoms with Crippen LogP contribution in [-0.4, -0.2) is 42.9 Å². The molecule has 0 unspecified atom stereocenters. The topological polar surface area (TPSA) is 90.0 Å². The van der Waals surface area contributed by atoms with Crippen molar-refractivity contribution in [1.82, 2.24) is 0 Å². The highest BCUT2D eigenvalue weighted by Gasteiger charge is 2.36. The molecule has 0 radical (unpaired) electrons. The molecular formula is C24H25NO6. The Kier molecular flexibility index (Phi) is 6.84. The summed E-state index contributed by atoms with van der Waals surface area (Å²) in [5, 5.41) is 0. The molecule has 7 heteroatoms. The van der Waals surface area contributed by atoms with Gasteiger partial charge in [-0.1, -0.05) is 29.8 Å². The summed E-state index contributed by atoms with van der Waals surface area (Å²) < 4.78 is 10.3. The molecule has 0 aromatic heterocycles. The highest BCUT2D eigenvalue weighted by molar-refractivity contribution is 6.01. The summed E-state index contributed by atoms with van der Waals surface area (Å²) in [5.74, 6) is -2.17. The summed E-state index contributed by atoms with van der Waals surface area (Å²) in [5.41, 5.74) is 2.47. The lowest BCUT2D eigenvalue weighted by Gasteiger charge is -2.17. The third kappa shape index (κ3) is 5.57. The first-order valence-electron chi connectivity index (χ1n) is 10.1. The van der Waals surface area contributed by atoms with Crippen LogP contribution >= 0.6 is 0 Å². The lowest BCUT2D eigenvalue weighted by atomic mass is 10.1. The third-order valence-electron chi connectivity index (χ3n) is 4.93. The Balaban J connectivity index is 1.56. The fraction of sp³-hybridized carbons (Fsp3) is 0.333. The summed E-state index contributed by atoms with van der Waals surface area (Å²) in [6.07, 6.45) is -0.216. The number of esters is 2. The molecule has 2 aromatic carbocycles. The van der Waals surface area contributed by atoms with Crippen molar-refractivity contribution in [3.8, 4) is 0 Å². The van der Waals surface area contributed by atoms with Crippen LogP contribution in [0.5, 0.6) is 0 Å². The zero-order valence-corrected chi connectivity index (χ0v) is 17.8. The average Bonchev–Trinajstić information content (AvgIpc) is 3.13. The molecule has 2 aromatic rings. The Morgan fingerprint density at radius 1 is 1.00 bits per heavy atom. The molecule has 31 heavy (non-hydrogen) atoms. The fourth-order valence-electron chi connectivity index (χ4n) is 3.25. The van der Waals surface area contributed by atoms with Crippen molar-refractivity contribution in [2.24, 2.45) is 5.92 Å². The molecule has 0 bridgehead atoms. The van der Waals surface area contributed by atoms with E-state index in [2.05, 4.69) is 0 Å². The van der Waals surface area contributed by atoms with Crippen LogP contribution in [0.25, 0.3) is 0 Å². The van der Waals surface area contributed by atoms with Crippen LogP contribution in [0.3, 0.4) is 0 Å². The Morgan fingerprint density at radius 3 is 2.23 bits per heavy atom. The van der Waals surface area contributed by atoms with Crippen LogP contribution in [0.15, 0.2) is 48.5 Å².